The molecule has 1 amide bonds. The van der Waals surface area contributed by atoms with Crippen molar-refractivity contribution in [1.29, 1.82) is 0 Å². The van der Waals surface area contributed by atoms with Crippen LogP contribution in [0.3, 0.4) is 0 Å². The number of nitrogens with zero attached hydrogens (tertiary/aromatic N) is 2. The molecule has 1 aromatic heterocycles. The van der Waals surface area contributed by atoms with Crippen LogP contribution < -0.4 is 0 Å². The monoisotopic (exact) mass is 370 g/mol. The number of rotatable bonds is 6. The van der Waals surface area contributed by atoms with Gasteiger partial charge in [0, 0.05) is 25.5 Å². The van der Waals surface area contributed by atoms with E-state index in [0.29, 0.717) is 23.6 Å². The number of hydrogen-bond donors (Lipinski definition) is 0. The molecule has 3 rings (SSSR count). The molecule has 1 atom stereocenters. The second kappa shape index (κ2) is 8.12. The van der Waals surface area contributed by atoms with Crippen LogP contribution >= 0.6 is 0 Å². The normalized spacial score (nSPS) is 12.0. The second-order valence-corrected chi connectivity index (χ2v) is 6.34. The first kappa shape index (κ1) is 18.8. The van der Waals surface area contributed by atoms with E-state index in [4.69, 9.17) is 4.42 Å². The number of oxazole rings is 1. The highest BCUT2D eigenvalue weighted by Gasteiger charge is 2.19. The van der Waals surface area contributed by atoms with E-state index in [2.05, 4.69) is 4.98 Å². The zero-order valence-electron chi connectivity index (χ0n) is 15.2. The van der Waals surface area contributed by atoms with Crippen LogP contribution in [-0.4, -0.2) is 22.8 Å². The molecule has 3 aromatic rings. The van der Waals surface area contributed by atoms with E-state index < -0.39 is 11.6 Å². The molecule has 0 aliphatic carbocycles. The van der Waals surface area contributed by atoms with Gasteiger partial charge in [-0.1, -0.05) is 36.4 Å². The fourth-order valence-electron chi connectivity index (χ4n) is 2.76. The van der Waals surface area contributed by atoms with Gasteiger partial charge in [0.15, 0.2) is 23.3 Å². The van der Waals surface area contributed by atoms with Crippen molar-refractivity contribution in [2.45, 2.75) is 25.8 Å². The van der Waals surface area contributed by atoms with Crippen molar-refractivity contribution in [3.63, 3.8) is 0 Å². The first-order valence-corrected chi connectivity index (χ1v) is 8.66. The largest absolute Gasteiger partial charge is 0.441 e. The van der Waals surface area contributed by atoms with Gasteiger partial charge in [0.25, 0.3) is 0 Å². The van der Waals surface area contributed by atoms with E-state index in [1.54, 1.807) is 20.2 Å². The molecule has 0 aliphatic rings. The van der Waals surface area contributed by atoms with Crippen molar-refractivity contribution in [3.8, 4) is 11.3 Å². The predicted octanol–water partition coefficient (Wildman–Crippen LogP) is 4.77. The Kier molecular flexibility index (Phi) is 5.64. The van der Waals surface area contributed by atoms with Gasteiger partial charge in [-0.3, -0.25) is 4.79 Å². The van der Waals surface area contributed by atoms with Gasteiger partial charge in [0.2, 0.25) is 5.91 Å². The van der Waals surface area contributed by atoms with Gasteiger partial charge in [0.05, 0.1) is 12.2 Å². The SMILES string of the molecule is C[C@H](c1ccc(F)c(F)c1)N(C)C(=O)CCc1ncc(-c2ccccc2)o1. The van der Waals surface area contributed by atoms with Crippen LogP contribution in [0.25, 0.3) is 11.3 Å². The molecule has 0 bridgehead atoms. The second-order valence-electron chi connectivity index (χ2n) is 6.34. The minimum atomic E-state index is -0.923. The molecule has 4 nitrogen and oxygen atoms in total. The number of hydrogen-bond acceptors (Lipinski definition) is 3. The summed E-state index contributed by atoms with van der Waals surface area (Å²) in [6, 6.07) is 12.9. The summed E-state index contributed by atoms with van der Waals surface area (Å²) in [4.78, 5) is 18.2. The van der Waals surface area contributed by atoms with Gasteiger partial charge < -0.3 is 9.32 Å². The quantitative estimate of drug-likeness (QED) is 0.628. The highest BCUT2D eigenvalue weighted by Crippen LogP contribution is 2.23. The summed E-state index contributed by atoms with van der Waals surface area (Å²) >= 11 is 0. The summed E-state index contributed by atoms with van der Waals surface area (Å²) in [5, 5.41) is 0. The van der Waals surface area contributed by atoms with E-state index >= 15 is 0 Å². The Hall–Kier alpha value is -3.02. The molecule has 0 spiro atoms. The average Bonchev–Trinajstić information content (AvgIpc) is 3.17. The Balaban J connectivity index is 1.60. The lowest BCUT2D eigenvalue weighted by Gasteiger charge is -2.25. The Labute approximate surface area is 156 Å². The minimum Gasteiger partial charge on any atom is -0.441 e. The molecule has 0 saturated heterocycles. The Morgan fingerprint density at radius 2 is 1.89 bits per heavy atom. The molecule has 0 radical (unpaired) electrons. The summed E-state index contributed by atoms with van der Waals surface area (Å²) in [6.45, 7) is 1.77. The summed E-state index contributed by atoms with van der Waals surface area (Å²) in [5.41, 5.74) is 1.46. The maximum absolute atomic E-state index is 13.4. The maximum Gasteiger partial charge on any atom is 0.223 e. The van der Waals surface area contributed by atoms with Crippen LogP contribution in [0, 0.1) is 11.6 Å². The summed E-state index contributed by atoms with van der Waals surface area (Å²) in [6.07, 6.45) is 2.21. The Morgan fingerprint density at radius 1 is 1.15 bits per heavy atom. The van der Waals surface area contributed by atoms with Crippen LogP contribution in [0.4, 0.5) is 8.78 Å². The third-order valence-corrected chi connectivity index (χ3v) is 4.57. The summed E-state index contributed by atoms with van der Waals surface area (Å²) in [5.74, 6) is -0.823. The predicted molar refractivity (Wildman–Crippen MR) is 97.8 cm³/mol. The van der Waals surface area contributed by atoms with Crippen LogP contribution in [0.5, 0.6) is 0 Å². The Bertz CT molecular complexity index is 925. The fourth-order valence-corrected chi connectivity index (χ4v) is 2.76. The molecule has 0 aliphatic heterocycles. The number of carbonyl (C=O) groups excluding carboxylic acids is 1. The lowest BCUT2D eigenvalue weighted by Crippen LogP contribution is -2.30. The maximum atomic E-state index is 13.4. The zero-order chi connectivity index (χ0) is 19.4. The topological polar surface area (TPSA) is 46.3 Å². The van der Waals surface area contributed by atoms with Crippen molar-refractivity contribution in [2.24, 2.45) is 0 Å². The van der Waals surface area contributed by atoms with E-state index in [9.17, 15) is 13.6 Å². The number of aromatic nitrogens is 1. The van der Waals surface area contributed by atoms with Gasteiger partial charge in [-0.15, -0.1) is 0 Å². The Morgan fingerprint density at radius 3 is 2.59 bits per heavy atom. The third-order valence-electron chi connectivity index (χ3n) is 4.57. The smallest absolute Gasteiger partial charge is 0.223 e. The van der Waals surface area contributed by atoms with Crippen LogP contribution in [-0.2, 0) is 11.2 Å². The zero-order valence-corrected chi connectivity index (χ0v) is 15.2. The van der Waals surface area contributed by atoms with E-state index in [-0.39, 0.29) is 18.4 Å². The highest BCUT2D eigenvalue weighted by molar-refractivity contribution is 5.76. The standard InChI is InChI=1S/C21H20F2N2O2/c1-14(16-8-9-17(22)18(23)12-16)25(2)21(26)11-10-20-24-13-19(27-20)15-6-4-3-5-7-15/h3-9,12-14H,10-11H2,1-2H3/t14-/m1/s1. The number of carbonyl (C=O) groups is 1. The van der Waals surface area contributed by atoms with Gasteiger partial charge in [-0.25, -0.2) is 13.8 Å². The summed E-state index contributed by atoms with van der Waals surface area (Å²) in [7, 11) is 1.64. The van der Waals surface area contributed by atoms with Crippen molar-refractivity contribution < 1.29 is 18.0 Å². The lowest BCUT2D eigenvalue weighted by atomic mass is 10.1. The van der Waals surface area contributed by atoms with Crippen molar-refractivity contribution in [3.05, 3.63) is 77.8 Å². The molecule has 2 aromatic carbocycles. The van der Waals surface area contributed by atoms with Crippen molar-refractivity contribution >= 4 is 5.91 Å². The van der Waals surface area contributed by atoms with Crippen molar-refractivity contribution in [2.75, 3.05) is 7.05 Å². The third kappa shape index (κ3) is 4.39. The number of aryl methyl sites for hydroxylation is 1. The van der Waals surface area contributed by atoms with Crippen LogP contribution in [0.15, 0.2) is 59.1 Å². The summed E-state index contributed by atoms with van der Waals surface area (Å²) < 4.78 is 32.2. The molecule has 6 heteroatoms. The first-order chi connectivity index (χ1) is 13.0. The molecular formula is C21H20F2N2O2. The molecule has 0 N–H and O–H groups in total. The van der Waals surface area contributed by atoms with Gasteiger partial charge in [-0.2, -0.15) is 0 Å². The molecule has 0 fully saturated rings. The number of halogens is 2. The molecule has 0 unspecified atom stereocenters. The lowest BCUT2D eigenvalue weighted by molar-refractivity contribution is -0.131. The van der Waals surface area contributed by atoms with Gasteiger partial charge in [0.1, 0.15) is 0 Å². The van der Waals surface area contributed by atoms with E-state index in [1.165, 1.54) is 11.0 Å². The van der Waals surface area contributed by atoms with Crippen LogP contribution in [0.1, 0.15) is 30.8 Å². The van der Waals surface area contributed by atoms with Gasteiger partial charge >= 0.3 is 0 Å². The van der Waals surface area contributed by atoms with Crippen molar-refractivity contribution in [1.82, 2.24) is 9.88 Å². The molecule has 27 heavy (non-hydrogen) atoms. The average molecular weight is 370 g/mol. The molecule has 140 valence electrons. The molecular weight excluding hydrogens is 350 g/mol. The first-order valence-electron chi connectivity index (χ1n) is 8.66. The number of amides is 1. The van der Waals surface area contributed by atoms with Crippen LogP contribution in [0.2, 0.25) is 0 Å². The molecule has 1 heterocycles. The van der Waals surface area contributed by atoms with Gasteiger partial charge in [-0.05, 0) is 24.6 Å². The molecule has 0 saturated carbocycles. The fraction of sp³-hybridized carbons (Fsp3) is 0.238. The van der Waals surface area contributed by atoms with E-state index in [1.807, 2.05) is 30.3 Å². The highest BCUT2D eigenvalue weighted by atomic mass is 19.2. The number of benzene rings is 2. The minimum absolute atomic E-state index is 0.133. The van der Waals surface area contributed by atoms with E-state index in [0.717, 1.165) is 17.7 Å².